The minimum absolute atomic E-state index is 0.130. The van der Waals surface area contributed by atoms with Crippen molar-refractivity contribution in [1.29, 1.82) is 0 Å². The number of carbonyl (C=O) groups is 2. The van der Waals surface area contributed by atoms with E-state index >= 15 is 0 Å². The molecule has 37 heavy (non-hydrogen) atoms. The molecule has 11 heteroatoms. The Bertz CT molecular complexity index is 1390. The van der Waals surface area contributed by atoms with Crippen LogP contribution in [0.2, 0.25) is 0 Å². The van der Waals surface area contributed by atoms with Crippen LogP contribution in [0.3, 0.4) is 0 Å². The fourth-order valence-electron chi connectivity index (χ4n) is 3.41. The summed E-state index contributed by atoms with van der Waals surface area (Å²) < 4.78 is 85.9. The van der Waals surface area contributed by atoms with Crippen LogP contribution in [0.5, 0.6) is 0 Å². The molecule has 0 saturated carbocycles. The summed E-state index contributed by atoms with van der Waals surface area (Å²) in [5, 5.41) is 3.51. The zero-order valence-electron chi connectivity index (χ0n) is 19.6. The molecule has 0 atom stereocenters. The van der Waals surface area contributed by atoms with Crippen LogP contribution in [-0.4, -0.2) is 23.7 Å². The standard InChI is InChI=1S/C26H20BrF6NO3/c1-24(2,3)37-23(36)34-21-6-4-5-14-9-15(7-8-19(14)21)22(35)13-20(26(31,32)33)16-10-17(25(28,29)30)12-18(27)11-16/h4-13H,1-3H3,(H,34,36). The second kappa shape index (κ2) is 10.2. The summed E-state index contributed by atoms with van der Waals surface area (Å²) in [4.78, 5) is 24.9. The van der Waals surface area contributed by atoms with Crippen molar-refractivity contribution in [2.45, 2.75) is 38.7 Å². The van der Waals surface area contributed by atoms with Gasteiger partial charge in [0.1, 0.15) is 5.60 Å². The van der Waals surface area contributed by atoms with Gasteiger partial charge in [0.25, 0.3) is 0 Å². The SMILES string of the molecule is CC(C)(C)OC(=O)Nc1cccc2cc(C(=O)C=C(c3cc(Br)cc(C(F)(F)F)c3)C(F)(F)F)ccc12. The summed E-state index contributed by atoms with van der Waals surface area (Å²) in [6.07, 6.45) is -10.4. The molecule has 0 spiro atoms. The Hall–Kier alpha value is -3.34. The van der Waals surface area contributed by atoms with E-state index in [4.69, 9.17) is 4.74 Å². The molecule has 3 aromatic carbocycles. The molecule has 3 aromatic rings. The van der Waals surface area contributed by atoms with E-state index in [9.17, 15) is 35.9 Å². The molecule has 3 rings (SSSR count). The van der Waals surface area contributed by atoms with Crippen molar-refractivity contribution in [2.24, 2.45) is 0 Å². The molecular weight excluding hydrogens is 568 g/mol. The molecule has 0 aliphatic carbocycles. The summed E-state index contributed by atoms with van der Waals surface area (Å²) in [6.45, 7) is 5.07. The van der Waals surface area contributed by atoms with Gasteiger partial charge in [0.05, 0.1) is 16.8 Å². The van der Waals surface area contributed by atoms with Gasteiger partial charge in [-0.3, -0.25) is 10.1 Å². The Morgan fingerprint density at radius 2 is 1.57 bits per heavy atom. The molecule has 0 fully saturated rings. The quantitative estimate of drug-likeness (QED) is 0.188. The first kappa shape index (κ1) is 28.2. The lowest BCUT2D eigenvalue weighted by Gasteiger charge is -2.20. The van der Waals surface area contributed by atoms with Crippen LogP contribution in [0.25, 0.3) is 16.3 Å². The fourth-order valence-corrected chi connectivity index (χ4v) is 3.90. The number of alkyl halides is 6. The van der Waals surface area contributed by atoms with Gasteiger partial charge in [-0.15, -0.1) is 0 Å². The van der Waals surface area contributed by atoms with Gasteiger partial charge in [0.2, 0.25) is 0 Å². The monoisotopic (exact) mass is 587 g/mol. The smallest absolute Gasteiger partial charge is 0.417 e. The van der Waals surface area contributed by atoms with Gasteiger partial charge in [-0.25, -0.2) is 4.79 Å². The molecule has 1 amide bonds. The summed E-state index contributed by atoms with van der Waals surface area (Å²) in [5.41, 5.74) is -4.15. The fraction of sp³-hybridized carbons (Fsp3) is 0.231. The van der Waals surface area contributed by atoms with Gasteiger partial charge in [-0.1, -0.05) is 40.2 Å². The Morgan fingerprint density at radius 1 is 0.892 bits per heavy atom. The van der Waals surface area contributed by atoms with Crippen LogP contribution in [0.4, 0.5) is 36.8 Å². The predicted molar refractivity (Wildman–Crippen MR) is 131 cm³/mol. The molecule has 0 aliphatic rings. The minimum Gasteiger partial charge on any atom is -0.444 e. The molecule has 0 bridgehead atoms. The lowest BCUT2D eigenvalue weighted by molar-refractivity contribution is -0.137. The number of ketones is 1. The number of anilines is 1. The van der Waals surface area contributed by atoms with Gasteiger partial charge in [0, 0.05) is 15.4 Å². The molecule has 0 radical (unpaired) electrons. The van der Waals surface area contributed by atoms with E-state index in [0.717, 1.165) is 6.07 Å². The second-order valence-electron chi connectivity index (χ2n) is 9.01. The predicted octanol–water partition coefficient (Wildman–Crippen LogP) is 8.80. The first-order chi connectivity index (χ1) is 16.9. The zero-order chi connectivity index (χ0) is 27.8. The van der Waals surface area contributed by atoms with Gasteiger partial charge >= 0.3 is 18.4 Å². The molecule has 0 aliphatic heterocycles. The maximum atomic E-state index is 13.8. The maximum Gasteiger partial charge on any atom is 0.417 e. The molecule has 0 unspecified atom stereocenters. The zero-order valence-corrected chi connectivity index (χ0v) is 21.2. The first-order valence-corrected chi connectivity index (χ1v) is 11.5. The summed E-state index contributed by atoms with van der Waals surface area (Å²) >= 11 is 2.80. The van der Waals surface area contributed by atoms with E-state index in [1.54, 1.807) is 39.0 Å². The highest BCUT2D eigenvalue weighted by atomic mass is 79.9. The number of ether oxygens (including phenoxy) is 1. The molecule has 1 N–H and O–H groups in total. The van der Waals surface area contributed by atoms with E-state index in [0.29, 0.717) is 28.6 Å². The summed E-state index contributed by atoms with van der Waals surface area (Å²) in [7, 11) is 0. The van der Waals surface area contributed by atoms with Crippen molar-refractivity contribution < 1.29 is 40.7 Å². The van der Waals surface area contributed by atoms with E-state index in [1.807, 2.05) is 0 Å². The number of hydrogen-bond acceptors (Lipinski definition) is 3. The van der Waals surface area contributed by atoms with Gasteiger partial charge < -0.3 is 4.74 Å². The molecule has 0 heterocycles. The van der Waals surface area contributed by atoms with Crippen molar-refractivity contribution in [2.75, 3.05) is 5.32 Å². The Kier molecular flexibility index (Phi) is 7.78. The number of amides is 1. The second-order valence-corrected chi connectivity index (χ2v) is 9.93. The average Bonchev–Trinajstić information content (AvgIpc) is 2.74. The van der Waals surface area contributed by atoms with Crippen molar-refractivity contribution in [3.8, 4) is 0 Å². The van der Waals surface area contributed by atoms with Crippen molar-refractivity contribution in [3.63, 3.8) is 0 Å². The molecule has 4 nitrogen and oxygen atoms in total. The van der Waals surface area contributed by atoms with Crippen molar-refractivity contribution in [3.05, 3.63) is 81.8 Å². The molecule has 0 aromatic heterocycles. The van der Waals surface area contributed by atoms with Gasteiger partial charge in [-0.05, 0) is 68.1 Å². The van der Waals surface area contributed by atoms with Crippen LogP contribution in [0.15, 0.2) is 65.1 Å². The lowest BCUT2D eigenvalue weighted by Crippen LogP contribution is -2.27. The minimum atomic E-state index is -5.11. The number of carbonyl (C=O) groups excluding carboxylic acids is 2. The normalized spacial score (nSPS) is 13.0. The molecule has 0 saturated heterocycles. The number of rotatable bonds is 4. The van der Waals surface area contributed by atoms with Crippen LogP contribution in [0.1, 0.15) is 42.3 Å². The number of fused-ring (bicyclic) bond motifs is 1. The van der Waals surface area contributed by atoms with Gasteiger partial charge in [0.15, 0.2) is 5.78 Å². The maximum absolute atomic E-state index is 13.8. The lowest BCUT2D eigenvalue weighted by atomic mass is 9.98. The summed E-state index contributed by atoms with van der Waals surface area (Å²) in [6, 6.07) is 10.6. The highest BCUT2D eigenvalue weighted by molar-refractivity contribution is 9.10. The number of halogens is 7. The number of benzene rings is 3. The van der Waals surface area contributed by atoms with Crippen LogP contribution >= 0.6 is 15.9 Å². The summed E-state index contributed by atoms with van der Waals surface area (Å²) in [5.74, 6) is -1.06. The highest BCUT2D eigenvalue weighted by Gasteiger charge is 2.38. The van der Waals surface area contributed by atoms with Gasteiger partial charge in [-0.2, -0.15) is 26.3 Å². The van der Waals surface area contributed by atoms with Crippen LogP contribution in [0, 0.1) is 0 Å². The van der Waals surface area contributed by atoms with Crippen LogP contribution in [-0.2, 0) is 10.9 Å². The Balaban J connectivity index is 2.01. The largest absolute Gasteiger partial charge is 0.444 e. The highest BCUT2D eigenvalue weighted by Crippen LogP contribution is 2.39. The van der Waals surface area contributed by atoms with E-state index in [2.05, 4.69) is 21.2 Å². The number of hydrogen-bond donors (Lipinski definition) is 1. The van der Waals surface area contributed by atoms with Crippen LogP contribution < -0.4 is 5.32 Å². The third-order valence-corrected chi connectivity index (χ3v) is 5.38. The van der Waals surface area contributed by atoms with E-state index < -0.39 is 46.5 Å². The number of allylic oxidation sites excluding steroid dienone is 2. The first-order valence-electron chi connectivity index (χ1n) is 10.7. The Morgan fingerprint density at radius 3 is 2.16 bits per heavy atom. The molecular formula is C26H20BrF6NO3. The topological polar surface area (TPSA) is 55.4 Å². The Labute approximate surface area is 216 Å². The van der Waals surface area contributed by atoms with Crippen molar-refractivity contribution >= 4 is 49.8 Å². The third-order valence-electron chi connectivity index (χ3n) is 4.92. The number of nitrogens with one attached hydrogen (secondary N) is 1. The van der Waals surface area contributed by atoms with Crippen molar-refractivity contribution in [1.82, 2.24) is 0 Å². The van der Waals surface area contributed by atoms with E-state index in [1.165, 1.54) is 18.2 Å². The molecule has 196 valence electrons. The van der Waals surface area contributed by atoms with E-state index in [-0.39, 0.29) is 16.1 Å². The average molecular weight is 588 g/mol. The third kappa shape index (κ3) is 7.34.